The van der Waals surface area contributed by atoms with Gasteiger partial charge in [0.25, 0.3) is 5.56 Å². The minimum atomic E-state index is -0.422. The van der Waals surface area contributed by atoms with Gasteiger partial charge in [-0.1, -0.05) is 38.5 Å². The van der Waals surface area contributed by atoms with Crippen LogP contribution in [0.4, 0.5) is 0 Å². The molecule has 2 aromatic heterocycles. The number of unbranched alkanes of at least 4 members (excludes halogenated alkanes) is 2. The predicted octanol–water partition coefficient (Wildman–Crippen LogP) is 1.73. The molecule has 20 heavy (non-hydrogen) atoms. The molecule has 0 fully saturated rings. The lowest BCUT2D eigenvalue weighted by Crippen LogP contribution is -2.29. The molecule has 0 aliphatic carbocycles. The number of nitrogens with zero attached hydrogens (tertiary/aromatic N) is 3. The quantitative estimate of drug-likeness (QED) is 0.651. The molecule has 0 amide bonds. The molecule has 6 nitrogen and oxygen atoms in total. The van der Waals surface area contributed by atoms with Gasteiger partial charge in [0.1, 0.15) is 0 Å². The molecule has 0 aliphatic heterocycles. The van der Waals surface area contributed by atoms with E-state index in [2.05, 4.69) is 16.9 Å². The first-order valence-electron chi connectivity index (χ1n) is 6.92. The van der Waals surface area contributed by atoms with Crippen LogP contribution in [0.2, 0.25) is 0 Å². The lowest BCUT2D eigenvalue weighted by Gasteiger charge is -2.07. The Hall–Kier alpha value is -1.50. The third kappa shape index (κ3) is 2.67. The predicted molar refractivity (Wildman–Crippen MR) is 81.5 cm³/mol. The Morgan fingerprint density at radius 1 is 1.25 bits per heavy atom. The Bertz CT molecular complexity index is 713. The minimum Gasteiger partial charge on any atom is -0.313 e. The molecule has 0 atom stereocenters. The molecule has 2 aromatic rings. The molecular weight excluding hydrogens is 276 g/mol. The molecule has 0 spiro atoms. The Labute approximate surface area is 121 Å². The van der Waals surface area contributed by atoms with Crippen molar-refractivity contribution in [2.24, 2.45) is 7.05 Å². The van der Waals surface area contributed by atoms with Crippen molar-refractivity contribution in [3.8, 4) is 0 Å². The fraction of sp³-hybridized carbons (Fsp3) is 0.615. The standard InChI is InChI=1S/C13H20N4O2S/c1-4-6-7-8-17-9-10(14-13(17)20-5-2)16(3)12(19)15-11(9)18/h4-8H2,1-3H3,(H,15,18,19). The summed E-state index contributed by atoms with van der Waals surface area (Å²) < 4.78 is 3.34. The van der Waals surface area contributed by atoms with E-state index in [0.717, 1.165) is 36.7 Å². The molecule has 0 saturated carbocycles. The van der Waals surface area contributed by atoms with E-state index < -0.39 is 5.69 Å². The summed E-state index contributed by atoms with van der Waals surface area (Å²) >= 11 is 1.59. The highest BCUT2D eigenvalue weighted by atomic mass is 32.2. The van der Waals surface area contributed by atoms with Crippen LogP contribution in [-0.4, -0.2) is 24.9 Å². The van der Waals surface area contributed by atoms with Gasteiger partial charge in [0.2, 0.25) is 0 Å². The second kappa shape index (κ2) is 6.30. The monoisotopic (exact) mass is 296 g/mol. The van der Waals surface area contributed by atoms with Crippen LogP contribution in [0.1, 0.15) is 33.1 Å². The zero-order valence-electron chi connectivity index (χ0n) is 12.1. The average Bonchev–Trinajstić information content (AvgIpc) is 2.77. The number of thioether (sulfide) groups is 1. The first kappa shape index (κ1) is 14.9. The van der Waals surface area contributed by atoms with E-state index in [-0.39, 0.29) is 5.56 Å². The van der Waals surface area contributed by atoms with Crippen LogP contribution >= 0.6 is 11.8 Å². The molecule has 110 valence electrons. The zero-order chi connectivity index (χ0) is 14.7. The van der Waals surface area contributed by atoms with Crippen molar-refractivity contribution >= 4 is 22.9 Å². The van der Waals surface area contributed by atoms with Crippen molar-refractivity contribution in [3.63, 3.8) is 0 Å². The molecule has 1 N–H and O–H groups in total. The molecule has 0 aromatic carbocycles. The number of hydrogen-bond donors (Lipinski definition) is 1. The summed E-state index contributed by atoms with van der Waals surface area (Å²) in [7, 11) is 1.63. The minimum absolute atomic E-state index is 0.352. The fourth-order valence-corrected chi connectivity index (χ4v) is 2.93. The fourth-order valence-electron chi connectivity index (χ4n) is 2.18. The van der Waals surface area contributed by atoms with Crippen LogP contribution in [0.25, 0.3) is 11.2 Å². The molecule has 7 heteroatoms. The Balaban J connectivity index is 2.62. The second-order valence-electron chi connectivity index (χ2n) is 4.68. The average molecular weight is 296 g/mol. The normalized spacial score (nSPS) is 11.3. The van der Waals surface area contributed by atoms with Gasteiger partial charge in [-0.25, -0.2) is 9.78 Å². The van der Waals surface area contributed by atoms with E-state index in [4.69, 9.17) is 0 Å². The molecule has 0 aliphatic rings. The van der Waals surface area contributed by atoms with E-state index in [0.29, 0.717) is 11.2 Å². The number of aromatic nitrogens is 4. The number of aromatic amines is 1. The van der Waals surface area contributed by atoms with Crippen molar-refractivity contribution < 1.29 is 0 Å². The molecule has 2 rings (SSSR count). The highest BCUT2D eigenvalue weighted by Crippen LogP contribution is 2.21. The van der Waals surface area contributed by atoms with Crippen molar-refractivity contribution in [2.75, 3.05) is 5.75 Å². The summed E-state index contributed by atoms with van der Waals surface area (Å²) in [6.07, 6.45) is 3.23. The van der Waals surface area contributed by atoms with Gasteiger partial charge in [-0.2, -0.15) is 0 Å². The topological polar surface area (TPSA) is 72.7 Å². The third-order valence-corrected chi connectivity index (χ3v) is 4.09. The lowest BCUT2D eigenvalue weighted by molar-refractivity contribution is 0.577. The Kier molecular flexibility index (Phi) is 4.69. The number of fused-ring (bicyclic) bond motifs is 1. The van der Waals surface area contributed by atoms with E-state index in [1.165, 1.54) is 4.57 Å². The van der Waals surface area contributed by atoms with Gasteiger partial charge in [-0.15, -0.1) is 0 Å². The van der Waals surface area contributed by atoms with E-state index in [1.807, 2.05) is 11.5 Å². The van der Waals surface area contributed by atoms with Gasteiger partial charge in [0.05, 0.1) is 0 Å². The maximum Gasteiger partial charge on any atom is 0.329 e. The lowest BCUT2D eigenvalue weighted by atomic mass is 10.2. The number of aryl methyl sites for hydroxylation is 2. The van der Waals surface area contributed by atoms with Crippen molar-refractivity contribution in [1.29, 1.82) is 0 Å². The number of nitrogens with one attached hydrogen (secondary N) is 1. The van der Waals surface area contributed by atoms with Crippen molar-refractivity contribution in [1.82, 2.24) is 19.1 Å². The largest absolute Gasteiger partial charge is 0.329 e. The van der Waals surface area contributed by atoms with Crippen molar-refractivity contribution in [3.05, 3.63) is 20.8 Å². The zero-order valence-corrected chi connectivity index (χ0v) is 12.9. The molecule has 2 heterocycles. The molecule has 0 unspecified atom stereocenters. The van der Waals surface area contributed by atoms with E-state index in [9.17, 15) is 9.59 Å². The summed E-state index contributed by atoms with van der Waals surface area (Å²) in [5, 5.41) is 0.810. The van der Waals surface area contributed by atoms with Gasteiger partial charge in [0, 0.05) is 13.6 Å². The maximum absolute atomic E-state index is 12.1. The van der Waals surface area contributed by atoms with Gasteiger partial charge in [0.15, 0.2) is 16.3 Å². The first-order chi connectivity index (χ1) is 9.60. The number of rotatable bonds is 6. The van der Waals surface area contributed by atoms with Gasteiger partial charge in [-0.3, -0.25) is 14.3 Å². The van der Waals surface area contributed by atoms with Crippen LogP contribution < -0.4 is 11.2 Å². The summed E-state index contributed by atoms with van der Waals surface area (Å²) in [6.45, 7) is 4.95. The molecule has 0 saturated heterocycles. The Morgan fingerprint density at radius 2 is 2.00 bits per heavy atom. The number of H-pyrrole nitrogens is 1. The van der Waals surface area contributed by atoms with Gasteiger partial charge in [-0.05, 0) is 12.2 Å². The second-order valence-corrected chi connectivity index (χ2v) is 5.91. The molecule has 0 radical (unpaired) electrons. The molecular formula is C13H20N4O2S. The van der Waals surface area contributed by atoms with E-state index >= 15 is 0 Å². The smallest absolute Gasteiger partial charge is 0.313 e. The van der Waals surface area contributed by atoms with Crippen LogP contribution in [0, 0.1) is 0 Å². The van der Waals surface area contributed by atoms with Crippen LogP contribution in [0.5, 0.6) is 0 Å². The third-order valence-electron chi connectivity index (χ3n) is 3.23. The maximum atomic E-state index is 12.1. The van der Waals surface area contributed by atoms with Crippen LogP contribution in [0.3, 0.4) is 0 Å². The van der Waals surface area contributed by atoms with Gasteiger partial charge >= 0.3 is 5.69 Å². The molecule has 0 bridgehead atoms. The summed E-state index contributed by atoms with van der Waals surface area (Å²) in [6, 6.07) is 0. The van der Waals surface area contributed by atoms with E-state index in [1.54, 1.807) is 18.8 Å². The highest BCUT2D eigenvalue weighted by molar-refractivity contribution is 7.99. The van der Waals surface area contributed by atoms with Gasteiger partial charge < -0.3 is 4.57 Å². The first-order valence-corrected chi connectivity index (χ1v) is 7.91. The van der Waals surface area contributed by atoms with Crippen molar-refractivity contribution in [2.45, 2.75) is 44.8 Å². The summed E-state index contributed by atoms with van der Waals surface area (Å²) in [5.41, 5.74) is 0.189. The Morgan fingerprint density at radius 3 is 2.65 bits per heavy atom. The highest BCUT2D eigenvalue weighted by Gasteiger charge is 2.16. The number of imidazole rings is 1. The summed E-state index contributed by atoms with van der Waals surface area (Å²) in [4.78, 5) is 30.5. The SMILES string of the molecule is CCCCCn1c(SCC)nc2c1c(=O)[nH]c(=O)n2C. The number of hydrogen-bond acceptors (Lipinski definition) is 4. The summed E-state index contributed by atoms with van der Waals surface area (Å²) in [5.74, 6) is 0.878. The van der Waals surface area contributed by atoms with Crippen LogP contribution in [0.15, 0.2) is 14.7 Å². The van der Waals surface area contributed by atoms with Crippen LogP contribution in [-0.2, 0) is 13.6 Å².